The van der Waals surface area contributed by atoms with Crippen molar-refractivity contribution in [1.82, 2.24) is 9.97 Å². The first-order valence-corrected chi connectivity index (χ1v) is 8.10. The zero-order chi connectivity index (χ0) is 18.5. The lowest BCUT2D eigenvalue weighted by molar-refractivity contribution is 0.0686. The fourth-order valence-corrected chi connectivity index (χ4v) is 2.60. The normalized spacial score (nSPS) is 10.4. The molecule has 0 radical (unpaired) electrons. The zero-order valence-corrected chi connectivity index (χ0v) is 14.6. The van der Waals surface area contributed by atoms with Crippen molar-refractivity contribution >= 4 is 11.8 Å². The Hall–Kier alpha value is -3.41. The summed E-state index contributed by atoms with van der Waals surface area (Å²) in [5.74, 6) is -0.142. The first-order chi connectivity index (χ1) is 12.6. The fourth-order valence-electron chi connectivity index (χ4n) is 2.60. The molecule has 6 nitrogen and oxygen atoms in total. The molecular formula is C20H19N3O3. The van der Waals surface area contributed by atoms with E-state index in [0.29, 0.717) is 6.54 Å². The molecule has 0 bridgehead atoms. The third-order valence-corrected chi connectivity index (χ3v) is 3.93. The number of ether oxygens (including phenoxy) is 1. The number of benzene rings is 1. The lowest BCUT2D eigenvalue weighted by Gasteiger charge is -2.09. The quantitative estimate of drug-likeness (QED) is 0.705. The van der Waals surface area contributed by atoms with Gasteiger partial charge in [-0.1, -0.05) is 29.8 Å². The standard InChI is InChI=1S/C20H19N3O3/c1-13-4-3-5-14(8-13)10-21-18-7-6-15(11-22-18)16-9-17(26-2)19(20(24)25)23-12-16/h3-9,11-12H,10H2,1-2H3,(H,21,22)(H,24,25). The molecule has 0 aliphatic heterocycles. The third-order valence-electron chi connectivity index (χ3n) is 3.93. The van der Waals surface area contributed by atoms with Gasteiger partial charge in [-0.25, -0.2) is 14.8 Å². The summed E-state index contributed by atoms with van der Waals surface area (Å²) in [7, 11) is 1.42. The van der Waals surface area contributed by atoms with Gasteiger partial charge < -0.3 is 15.2 Å². The van der Waals surface area contributed by atoms with Crippen LogP contribution in [-0.4, -0.2) is 28.2 Å². The molecule has 3 aromatic rings. The van der Waals surface area contributed by atoms with E-state index in [0.717, 1.165) is 16.9 Å². The summed E-state index contributed by atoms with van der Waals surface area (Å²) in [5, 5.41) is 12.4. The molecule has 0 amide bonds. The number of aromatic nitrogens is 2. The Morgan fingerprint density at radius 1 is 1.12 bits per heavy atom. The second-order valence-corrected chi connectivity index (χ2v) is 5.85. The molecule has 0 spiro atoms. The number of methoxy groups -OCH3 is 1. The van der Waals surface area contributed by atoms with Crippen LogP contribution in [0.15, 0.2) is 54.9 Å². The molecule has 0 aliphatic carbocycles. The smallest absolute Gasteiger partial charge is 0.358 e. The average Bonchev–Trinajstić information content (AvgIpc) is 2.66. The largest absolute Gasteiger partial charge is 0.494 e. The van der Waals surface area contributed by atoms with Gasteiger partial charge in [0.25, 0.3) is 0 Å². The second kappa shape index (κ2) is 7.65. The lowest BCUT2D eigenvalue weighted by Crippen LogP contribution is -2.04. The second-order valence-electron chi connectivity index (χ2n) is 5.85. The van der Waals surface area contributed by atoms with Gasteiger partial charge >= 0.3 is 5.97 Å². The van der Waals surface area contributed by atoms with Gasteiger partial charge in [-0.2, -0.15) is 0 Å². The molecule has 0 aliphatic rings. The van der Waals surface area contributed by atoms with Crippen LogP contribution in [0.2, 0.25) is 0 Å². The molecule has 132 valence electrons. The van der Waals surface area contributed by atoms with E-state index < -0.39 is 5.97 Å². The van der Waals surface area contributed by atoms with Crippen LogP contribution in [0.1, 0.15) is 21.6 Å². The molecule has 0 saturated heterocycles. The number of aromatic carboxylic acids is 1. The predicted molar refractivity (Wildman–Crippen MR) is 99.5 cm³/mol. The van der Waals surface area contributed by atoms with Crippen molar-refractivity contribution in [2.75, 3.05) is 12.4 Å². The Labute approximate surface area is 151 Å². The number of hydrogen-bond acceptors (Lipinski definition) is 5. The molecule has 6 heteroatoms. The van der Waals surface area contributed by atoms with E-state index in [4.69, 9.17) is 9.84 Å². The maximum absolute atomic E-state index is 11.1. The Balaban J connectivity index is 1.74. The Kier molecular flexibility index (Phi) is 5.12. The van der Waals surface area contributed by atoms with Crippen LogP contribution in [0.25, 0.3) is 11.1 Å². The molecule has 0 fully saturated rings. The zero-order valence-electron chi connectivity index (χ0n) is 14.6. The van der Waals surface area contributed by atoms with Crippen molar-refractivity contribution in [1.29, 1.82) is 0 Å². The minimum absolute atomic E-state index is 0.111. The number of aryl methyl sites for hydroxylation is 1. The SMILES string of the molecule is COc1cc(-c2ccc(NCc3cccc(C)c3)nc2)cnc1C(=O)O. The van der Waals surface area contributed by atoms with Crippen LogP contribution in [0.5, 0.6) is 5.75 Å². The van der Waals surface area contributed by atoms with Crippen LogP contribution in [0.4, 0.5) is 5.82 Å². The molecule has 2 heterocycles. The lowest BCUT2D eigenvalue weighted by atomic mass is 10.1. The average molecular weight is 349 g/mol. The molecule has 0 atom stereocenters. The van der Waals surface area contributed by atoms with Gasteiger partial charge in [-0.05, 0) is 30.7 Å². The highest BCUT2D eigenvalue weighted by atomic mass is 16.5. The maximum Gasteiger partial charge on any atom is 0.358 e. The Morgan fingerprint density at radius 2 is 1.92 bits per heavy atom. The number of nitrogens with one attached hydrogen (secondary N) is 1. The Bertz CT molecular complexity index is 924. The van der Waals surface area contributed by atoms with Crippen molar-refractivity contribution in [3.05, 3.63) is 71.7 Å². The number of anilines is 1. The number of rotatable bonds is 6. The van der Waals surface area contributed by atoms with Crippen molar-refractivity contribution in [3.63, 3.8) is 0 Å². The highest BCUT2D eigenvalue weighted by Crippen LogP contribution is 2.25. The molecule has 3 rings (SSSR count). The van der Waals surface area contributed by atoms with Gasteiger partial charge in [0, 0.05) is 30.1 Å². The Morgan fingerprint density at radius 3 is 2.58 bits per heavy atom. The van der Waals surface area contributed by atoms with E-state index >= 15 is 0 Å². The highest BCUT2D eigenvalue weighted by molar-refractivity contribution is 5.89. The van der Waals surface area contributed by atoms with E-state index in [-0.39, 0.29) is 11.4 Å². The third kappa shape index (κ3) is 3.97. The monoisotopic (exact) mass is 349 g/mol. The number of carbonyl (C=O) groups is 1. The summed E-state index contributed by atoms with van der Waals surface area (Å²) in [5.41, 5.74) is 3.87. The van der Waals surface area contributed by atoms with Crippen LogP contribution in [0, 0.1) is 6.92 Å². The van der Waals surface area contributed by atoms with E-state index in [9.17, 15) is 4.79 Å². The van der Waals surface area contributed by atoms with Gasteiger partial charge in [0.05, 0.1) is 7.11 Å². The van der Waals surface area contributed by atoms with E-state index in [1.807, 2.05) is 18.2 Å². The van der Waals surface area contributed by atoms with Gasteiger partial charge in [0.15, 0.2) is 11.4 Å². The van der Waals surface area contributed by atoms with Crippen molar-refractivity contribution in [2.45, 2.75) is 13.5 Å². The molecule has 1 aromatic carbocycles. The number of pyridine rings is 2. The summed E-state index contributed by atoms with van der Waals surface area (Å²) >= 11 is 0. The van der Waals surface area contributed by atoms with Gasteiger partial charge in [-0.3, -0.25) is 0 Å². The summed E-state index contributed by atoms with van der Waals surface area (Å²) in [6, 6.07) is 13.7. The van der Waals surface area contributed by atoms with Gasteiger partial charge in [-0.15, -0.1) is 0 Å². The maximum atomic E-state index is 11.1. The van der Waals surface area contributed by atoms with Crippen molar-refractivity contribution in [3.8, 4) is 16.9 Å². The van der Waals surface area contributed by atoms with Crippen LogP contribution in [-0.2, 0) is 6.54 Å². The molecule has 0 unspecified atom stereocenters. The molecule has 26 heavy (non-hydrogen) atoms. The highest BCUT2D eigenvalue weighted by Gasteiger charge is 2.14. The van der Waals surface area contributed by atoms with Crippen molar-refractivity contribution < 1.29 is 14.6 Å². The van der Waals surface area contributed by atoms with Crippen LogP contribution >= 0.6 is 0 Å². The summed E-state index contributed by atoms with van der Waals surface area (Å²) < 4.78 is 5.11. The summed E-state index contributed by atoms with van der Waals surface area (Å²) in [6.45, 7) is 2.76. The summed E-state index contributed by atoms with van der Waals surface area (Å²) in [6.07, 6.45) is 3.22. The van der Waals surface area contributed by atoms with Gasteiger partial charge in [0.2, 0.25) is 0 Å². The number of carboxylic acids is 1. The first kappa shape index (κ1) is 17.4. The first-order valence-electron chi connectivity index (χ1n) is 8.10. The van der Waals surface area contributed by atoms with Crippen molar-refractivity contribution in [2.24, 2.45) is 0 Å². The van der Waals surface area contributed by atoms with Crippen LogP contribution < -0.4 is 10.1 Å². The minimum Gasteiger partial charge on any atom is -0.494 e. The number of nitrogens with zero attached hydrogens (tertiary/aromatic N) is 2. The summed E-state index contributed by atoms with van der Waals surface area (Å²) in [4.78, 5) is 19.5. The van der Waals surface area contributed by atoms with E-state index in [1.54, 1.807) is 12.3 Å². The fraction of sp³-hybridized carbons (Fsp3) is 0.150. The molecular weight excluding hydrogens is 330 g/mol. The molecule has 0 saturated carbocycles. The molecule has 2 N–H and O–H groups in total. The van der Waals surface area contributed by atoms with Gasteiger partial charge in [0.1, 0.15) is 5.82 Å². The predicted octanol–water partition coefficient (Wildman–Crippen LogP) is 3.77. The van der Waals surface area contributed by atoms with Crippen LogP contribution in [0.3, 0.4) is 0 Å². The van der Waals surface area contributed by atoms with E-state index in [1.165, 1.54) is 24.4 Å². The molecule has 2 aromatic heterocycles. The number of hydrogen-bond donors (Lipinski definition) is 2. The topological polar surface area (TPSA) is 84.3 Å². The van der Waals surface area contributed by atoms with E-state index in [2.05, 4.69) is 40.4 Å². The minimum atomic E-state index is -1.12. The number of carboxylic acid groups (broad SMARTS) is 1.